The molecule has 34 heavy (non-hydrogen) atoms. The van der Waals surface area contributed by atoms with Crippen molar-refractivity contribution in [1.82, 2.24) is 0 Å². The normalized spacial score (nSPS) is 22.7. The average molecular weight is 490 g/mol. The summed E-state index contributed by atoms with van der Waals surface area (Å²) in [5.41, 5.74) is -4.58. The van der Waals surface area contributed by atoms with E-state index in [1.165, 1.54) is 6.92 Å². The fraction of sp³-hybridized carbons (Fsp3) is 0.500. The van der Waals surface area contributed by atoms with E-state index in [0.29, 0.717) is 6.61 Å². The van der Waals surface area contributed by atoms with Crippen LogP contribution in [-0.2, 0) is 26.1 Å². The minimum atomic E-state index is -5.04. The minimum Gasteiger partial charge on any atom is -0.491 e. The van der Waals surface area contributed by atoms with E-state index in [9.17, 15) is 13.2 Å². The number of ether oxygens (including phenoxy) is 4. The van der Waals surface area contributed by atoms with Crippen LogP contribution in [0.15, 0.2) is 24.3 Å². The van der Waals surface area contributed by atoms with Gasteiger partial charge in [0.15, 0.2) is 17.9 Å². The van der Waals surface area contributed by atoms with Crippen LogP contribution in [0.1, 0.15) is 49.7 Å². The molecule has 0 bridgehead atoms. The first kappa shape index (κ1) is 24.8. The second-order valence-corrected chi connectivity index (χ2v) is 8.12. The van der Waals surface area contributed by atoms with Crippen LogP contribution in [0.4, 0.5) is 26.3 Å². The third kappa shape index (κ3) is 3.95. The zero-order valence-electron chi connectivity index (χ0n) is 18.6. The van der Waals surface area contributed by atoms with E-state index in [-0.39, 0.29) is 19.8 Å². The second kappa shape index (κ2) is 9.39. The molecule has 1 saturated heterocycles. The van der Waals surface area contributed by atoms with Crippen LogP contribution >= 0.6 is 0 Å². The van der Waals surface area contributed by atoms with Gasteiger partial charge in [-0.1, -0.05) is 25.5 Å². The Morgan fingerprint density at radius 2 is 1.47 bits per heavy atom. The molecule has 4 rings (SSSR count). The Morgan fingerprint density at radius 1 is 0.882 bits per heavy atom. The molecule has 2 aromatic carbocycles. The van der Waals surface area contributed by atoms with Crippen molar-refractivity contribution in [2.45, 2.75) is 50.9 Å². The maximum atomic E-state index is 15.4. The fourth-order valence-electron chi connectivity index (χ4n) is 4.13. The summed E-state index contributed by atoms with van der Waals surface area (Å²) < 4.78 is 112. The Bertz CT molecular complexity index is 1050. The van der Waals surface area contributed by atoms with Gasteiger partial charge in [-0.2, -0.15) is 17.6 Å². The summed E-state index contributed by atoms with van der Waals surface area (Å²) >= 11 is 0. The van der Waals surface area contributed by atoms with E-state index >= 15 is 13.2 Å². The molecular weight excluding hydrogens is 466 g/mol. The van der Waals surface area contributed by atoms with Gasteiger partial charge in [0.2, 0.25) is 0 Å². The molecule has 0 spiro atoms. The topological polar surface area (TPSA) is 36.9 Å². The van der Waals surface area contributed by atoms with Gasteiger partial charge in [0.1, 0.15) is 11.9 Å². The highest BCUT2D eigenvalue weighted by atomic mass is 19.3. The van der Waals surface area contributed by atoms with Gasteiger partial charge in [-0.3, -0.25) is 0 Å². The van der Waals surface area contributed by atoms with E-state index in [2.05, 4.69) is 0 Å². The molecule has 4 nitrogen and oxygen atoms in total. The Kier molecular flexibility index (Phi) is 6.85. The molecule has 0 saturated carbocycles. The smallest absolute Gasteiger partial charge is 0.343 e. The summed E-state index contributed by atoms with van der Waals surface area (Å²) in [7, 11) is 0. The largest absolute Gasteiger partial charge is 0.491 e. The number of fused-ring (bicyclic) bond motifs is 3. The summed E-state index contributed by atoms with van der Waals surface area (Å²) in [6.45, 7) is 3.95. The molecule has 1 aliphatic heterocycles. The van der Waals surface area contributed by atoms with Crippen molar-refractivity contribution in [2.24, 2.45) is 0 Å². The van der Waals surface area contributed by atoms with Crippen molar-refractivity contribution in [2.75, 3.05) is 26.4 Å². The predicted molar refractivity (Wildman–Crippen MR) is 110 cm³/mol. The van der Waals surface area contributed by atoms with Gasteiger partial charge in [0, 0.05) is 12.2 Å². The molecule has 1 fully saturated rings. The van der Waals surface area contributed by atoms with Crippen molar-refractivity contribution in [1.29, 1.82) is 0 Å². The molecular formula is C24H24F6O4. The molecule has 0 atom stereocenters. The molecule has 1 heterocycles. The molecule has 0 unspecified atom stereocenters. The van der Waals surface area contributed by atoms with E-state index in [1.54, 1.807) is 0 Å². The Balaban J connectivity index is 1.72. The van der Waals surface area contributed by atoms with Gasteiger partial charge in [-0.25, -0.2) is 8.78 Å². The van der Waals surface area contributed by atoms with E-state index in [4.69, 9.17) is 18.9 Å². The molecule has 1 aliphatic carbocycles. The van der Waals surface area contributed by atoms with Gasteiger partial charge in [-0.15, -0.1) is 0 Å². The van der Waals surface area contributed by atoms with Crippen LogP contribution in [-0.4, -0.2) is 32.5 Å². The number of rotatable bonds is 7. The first-order valence-electron chi connectivity index (χ1n) is 11.0. The van der Waals surface area contributed by atoms with Gasteiger partial charge < -0.3 is 18.9 Å². The van der Waals surface area contributed by atoms with Crippen LogP contribution in [0.3, 0.4) is 0 Å². The van der Waals surface area contributed by atoms with Crippen molar-refractivity contribution in [3.05, 3.63) is 52.6 Å². The lowest BCUT2D eigenvalue weighted by Crippen LogP contribution is -2.41. The standard InChI is InChI=1S/C24H24F6O4/c1-3-5-10-32-13-11-33-22(34-12-13)16-7-6-14-15-8-9-17(31-4-2)21(26)19(15)24(29,30)23(27,28)18(14)20(16)25/h6-9,13,22H,3-5,10-12H2,1-2H3. The zero-order chi connectivity index (χ0) is 24.7. The summed E-state index contributed by atoms with van der Waals surface area (Å²) in [6.07, 6.45) is -0.0321. The van der Waals surface area contributed by atoms with Crippen molar-refractivity contribution < 1.29 is 45.3 Å². The van der Waals surface area contributed by atoms with Crippen LogP contribution in [0.25, 0.3) is 11.1 Å². The number of benzene rings is 2. The first-order chi connectivity index (χ1) is 16.1. The van der Waals surface area contributed by atoms with Crippen LogP contribution in [0, 0.1) is 11.6 Å². The lowest BCUT2D eigenvalue weighted by atomic mass is 9.79. The van der Waals surface area contributed by atoms with E-state index < -0.39 is 69.4 Å². The molecule has 0 aromatic heterocycles. The lowest BCUT2D eigenvalue weighted by molar-refractivity contribution is -0.234. The van der Waals surface area contributed by atoms with Gasteiger partial charge >= 0.3 is 11.8 Å². The zero-order valence-corrected chi connectivity index (χ0v) is 18.6. The molecule has 2 aromatic rings. The Hall–Kier alpha value is -2.30. The molecule has 0 amide bonds. The molecule has 186 valence electrons. The highest BCUT2D eigenvalue weighted by molar-refractivity contribution is 5.77. The van der Waals surface area contributed by atoms with Crippen molar-refractivity contribution in [3.8, 4) is 16.9 Å². The fourth-order valence-corrected chi connectivity index (χ4v) is 4.13. The summed E-state index contributed by atoms with van der Waals surface area (Å²) in [5.74, 6) is -13.8. The molecule has 0 radical (unpaired) electrons. The molecule has 2 aliphatic rings. The van der Waals surface area contributed by atoms with Gasteiger partial charge in [0.05, 0.1) is 30.9 Å². The van der Waals surface area contributed by atoms with Crippen molar-refractivity contribution in [3.63, 3.8) is 0 Å². The highest BCUT2D eigenvalue weighted by Crippen LogP contribution is 2.60. The number of hydrogen-bond donors (Lipinski definition) is 0. The second-order valence-electron chi connectivity index (χ2n) is 8.12. The SMILES string of the molecule is CCCCOC1COC(c2ccc3c(c2F)C(F)(F)C(F)(F)c2c-3ccc(OCC)c2F)OC1. The summed E-state index contributed by atoms with van der Waals surface area (Å²) in [6, 6.07) is 4.25. The van der Waals surface area contributed by atoms with Crippen molar-refractivity contribution >= 4 is 0 Å². The number of halogens is 6. The summed E-state index contributed by atoms with van der Waals surface area (Å²) in [5, 5.41) is 0. The Labute approximate surface area is 192 Å². The maximum Gasteiger partial charge on any atom is 0.343 e. The van der Waals surface area contributed by atoms with Crippen LogP contribution in [0.5, 0.6) is 5.75 Å². The van der Waals surface area contributed by atoms with Gasteiger partial charge in [-0.05, 0) is 36.6 Å². The molecule has 10 heteroatoms. The lowest BCUT2D eigenvalue weighted by Gasteiger charge is -2.36. The third-order valence-corrected chi connectivity index (χ3v) is 5.86. The number of hydrogen-bond acceptors (Lipinski definition) is 4. The van der Waals surface area contributed by atoms with E-state index in [1.807, 2.05) is 6.92 Å². The third-order valence-electron chi connectivity index (χ3n) is 5.86. The summed E-state index contributed by atoms with van der Waals surface area (Å²) in [4.78, 5) is 0. The maximum absolute atomic E-state index is 15.4. The first-order valence-corrected chi connectivity index (χ1v) is 11.0. The number of unbranched alkanes of at least 4 members (excludes halogenated alkanes) is 1. The molecule has 0 N–H and O–H groups in total. The van der Waals surface area contributed by atoms with Crippen LogP contribution in [0.2, 0.25) is 0 Å². The quantitative estimate of drug-likeness (QED) is 0.330. The number of alkyl halides is 4. The van der Waals surface area contributed by atoms with Crippen LogP contribution < -0.4 is 4.74 Å². The monoisotopic (exact) mass is 490 g/mol. The average Bonchev–Trinajstić information content (AvgIpc) is 2.80. The van der Waals surface area contributed by atoms with Gasteiger partial charge in [0.25, 0.3) is 0 Å². The Morgan fingerprint density at radius 3 is 2.06 bits per heavy atom. The van der Waals surface area contributed by atoms with E-state index in [0.717, 1.165) is 37.1 Å². The predicted octanol–water partition coefficient (Wildman–Crippen LogP) is 6.46. The highest BCUT2D eigenvalue weighted by Gasteiger charge is 2.65. The minimum absolute atomic E-state index is 0.0196.